The van der Waals surface area contributed by atoms with Crippen molar-refractivity contribution in [3.05, 3.63) is 34.9 Å². The minimum atomic E-state index is -0.545. The average molecular weight is 341 g/mol. The summed E-state index contributed by atoms with van der Waals surface area (Å²) in [6.07, 6.45) is 1.08. The van der Waals surface area contributed by atoms with Crippen molar-refractivity contribution in [2.45, 2.75) is 66.0 Å². The zero-order valence-corrected chi connectivity index (χ0v) is 15.5. The van der Waals surface area contributed by atoms with Crippen LogP contribution in [0.4, 0.5) is 8.78 Å². The van der Waals surface area contributed by atoms with Crippen LogP contribution in [0.5, 0.6) is 0 Å². The number of benzene rings is 1. The molecule has 0 saturated heterocycles. The van der Waals surface area contributed by atoms with Crippen molar-refractivity contribution >= 4 is 5.97 Å². The number of esters is 1. The van der Waals surface area contributed by atoms with Gasteiger partial charge in [-0.15, -0.1) is 0 Å². The second-order valence-electron chi connectivity index (χ2n) is 7.60. The van der Waals surface area contributed by atoms with Crippen molar-refractivity contribution in [1.82, 2.24) is 5.32 Å². The summed E-state index contributed by atoms with van der Waals surface area (Å²) in [5, 5.41) is 3.16. The van der Waals surface area contributed by atoms with E-state index >= 15 is 0 Å². The largest absolute Gasteiger partial charge is 0.459 e. The van der Waals surface area contributed by atoms with Crippen molar-refractivity contribution in [1.29, 1.82) is 0 Å². The lowest BCUT2D eigenvalue weighted by Gasteiger charge is -2.25. The SMILES string of the molecule is Cc1c(F)cc(CCN[C@H](CC(C)C)C(=O)OC(C)(C)C)cc1F. The molecule has 0 aliphatic rings. The Hall–Kier alpha value is -1.49. The molecule has 0 aromatic heterocycles. The first-order valence-corrected chi connectivity index (χ1v) is 8.40. The monoisotopic (exact) mass is 341 g/mol. The summed E-state index contributed by atoms with van der Waals surface area (Å²) in [5.74, 6) is -1.06. The van der Waals surface area contributed by atoms with Crippen LogP contribution < -0.4 is 5.32 Å². The summed E-state index contributed by atoms with van der Waals surface area (Å²) in [5.41, 5.74) is 0.0470. The summed E-state index contributed by atoms with van der Waals surface area (Å²) < 4.78 is 32.6. The van der Waals surface area contributed by atoms with Gasteiger partial charge in [0.15, 0.2) is 0 Å². The number of halogens is 2. The first-order chi connectivity index (χ1) is 11.0. The second kappa shape index (κ2) is 8.56. The number of nitrogens with one attached hydrogen (secondary N) is 1. The molecule has 0 unspecified atom stereocenters. The van der Waals surface area contributed by atoms with Gasteiger partial charge in [-0.25, -0.2) is 8.78 Å². The first-order valence-electron chi connectivity index (χ1n) is 8.40. The van der Waals surface area contributed by atoms with Crippen LogP contribution in [0, 0.1) is 24.5 Å². The highest BCUT2D eigenvalue weighted by molar-refractivity contribution is 5.76. The Bertz CT molecular complexity index is 542. The highest BCUT2D eigenvalue weighted by Gasteiger charge is 2.25. The van der Waals surface area contributed by atoms with E-state index in [-0.39, 0.29) is 11.5 Å². The summed E-state index contributed by atoms with van der Waals surface area (Å²) >= 11 is 0. The number of rotatable bonds is 7. The lowest BCUT2D eigenvalue weighted by atomic mass is 10.0. The van der Waals surface area contributed by atoms with Crippen LogP contribution in [0.3, 0.4) is 0 Å². The molecule has 1 N–H and O–H groups in total. The molecule has 0 radical (unpaired) electrons. The predicted octanol–water partition coefficient (Wildman–Crippen LogP) is 4.16. The lowest BCUT2D eigenvalue weighted by Crippen LogP contribution is -2.42. The normalized spacial score (nSPS) is 13.2. The van der Waals surface area contributed by atoms with Gasteiger partial charge in [0.25, 0.3) is 0 Å². The number of carbonyl (C=O) groups excluding carboxylic acids is 1. The highest BCUT2D eigenvalue weighted by Crippen LogP contribution is 2.15. The third-order valence-corrected chi connectivity index (χ3v) is 3.54. The fourth-order valence-corrected chi connectivity index (χ4v) is 2.34. The maximum Gasteiger partial charge on any atom is 0.323 e. The second-order valence-corrected chi connectivity index (χ2v) is 7.60. The minimum absolute atomic E-state index is 0.0261. The van der Waals surface area contributed by atoms with Gasteiger partial charge in [-0.2, -0.15) is 0 Å². The maximum atomic E-state index is 13.6. The topological polar surface area (TPSA) is 38.3 Å². The molecule has 0 fully saturated rings. The van der Waals surface area contributed by atoms with Crippen LogP contribution in [0.15, 0.2) is 12.1 Å². The molecule has 0 heterocycles. The number of hydrogen-bond donors (Lipinski definition) is 1. The highest BCUT2D eigenvalue weighted by atomic mass is 19.1. The van der Waals surface area contributed by atoms with E-state index in [1.165, 1.54) is 19.1 Å². The Kier molecular flexibility index (Phi) is 7.33. The summed E-state index contributed by atoms with van der Waals surface area (Å²) in [6, 6.07) is 2.25. The van der Waals surface area contributed by atoms with E-state index in [0.717, 1.165) is 0 Å². The Morgan fingerprint density at radius 3 is 2.21 bits per heavy atom. The molecule has 136 valence electrons. The zero-order valence-electron chi connectivity index (χ0n) is 15.5. The van der Waals surface area contributed by atoms with Crippen LogP contribution in [-0.4, -0.2) is 24.2 Å². The molecule has 24 heavy (non-hydrogen) atoms. The molecule has 0 amide bonds. The molecule has 0 spiro atoms. The molecule has 5 heteroatoms. The van der Waals surface area contributed by atoms with E-state index in [1.54, 1.807) is 0 Å². The van der Waals surface area contributed by atoms with Crippen molar-refractivity contribution in [2.24, 2.45) is 5.92 Å². The van der Waals surface area contributed by atoms with Crippen LogP contribution in [0.2, 0.25) is 0 Å². The zero-order chi connectivity index (χ0) is 18.5. The quantitative estimate of drug-likeness (QED) is 0.757. The Balaban J connectivity index is 2.67. The van der Waals surface area contributed by atoms with Crippen LogP contribution in [-0.2, 0) is 16.0 Å². The molecule has 1 rings (SSSR count). The Labute approximate surface area is 143 Å². The molecule has 0 saturated carbocycles. The fraction of sp³-hybridized carbons (Fsp3) is 0.632. The third-order valence-electron chi connectivity index (χ3n) is 3.54. The van der Waals surface area contributed by atoms with E-state index in [4.69, 9.17) is 4.74 Å². The molecular weight excluding hydrogens is 312 g/mol. The van der Waals surface area contributed by atoms with Gasteiger partial charge in [0, 0.05) is 5.56 Å². The van der Waals surface area contributed by atoms with Gasteiger partial charge < -0.3 is 10.1 Å². The molecule has 3 nitrogen and oxygen atoms in total. The van der Waals surface area contributed by atoms with Gasteiger partial charge in [-0.3, -0.25) is 4.79 Å². The average Bonchev–Trinajstić information content (AvgIpc) is 2.41. The Morgan fingerprint density at radius 1 is 1.21 bits per heavy atom. The van der Waals surface area contributed by atoms with Gasteiger partial charge in [-0.1, -0.05) is 13.8 Å². The number of carbonyl (C=O) groups is 1. The fourth-order valence-electron chi connectivity index (χ4n) is 2.34. The van der Waals surface area contributed by atoms with Crippen LogP contribution >= 0.6 is 0 Å². The van der Waals surface area contributed by atoms with E-state index in [2.05, 4.69) is 5.32 Å². The van der Waals surface area contributed by atoms with Gasteiger partial charge in [0.1, 0.15) is 23.3 Å². The van der Waals surface area contributed by atoms with Gasteiger partial charge in [0.2, 0.25) is 0 Å². The molecule has 1 atom stereocenters. The van der Waals surface area contributed by atoms with E-state index < -0.39 is 23.3 Å². The van der Waals surface area contributed by atoms with E-state index in [1.807, 2.05) is 34.6 Å². The summed E-state index contributed by atoms with van der Waals surface area (Å²) in [6.45, 7) is 11.4. The number of ether oxygens (including phenoxy) is 1. The molecule has 1 aromatic rings. The predicted molar refractivity (Wildman–Crippen MR) is 91.9 cm³/mol. The van der Waals surface area contributed by atoms with E-state index in [9.17, 15) is 13.6 Å². The first kappa shape index (κ1) is 20.6. The van der Waals surface area contributed by atoms with Gasteiger partial charge in [-0.05, 0) is 70.7 Å². The van der Waals surface area contributed by atoms with Gasteiger partial charge >= 0.3 is 5.97 Å². The smallest absolute Gasteiger partial charge is 0.323 e. The molecule has 0 aliphatic carbocycles. The van der Waals surface area contributed by atoms with Crippen LogP contribution in [0.1, 0.15) is 52.2 Å². The summed E-state index contributed by atoms with van der Waals surface area (Å²) in [7, 11) is 0. The maximum absolute atomic E-state index is 13.6. The third kappa shape index (κ3) is 6.95. The van der Waals surface area contributed by atoms with Crippen molar-refractivity contribution in [3.8, 4) is 0 Å². The minimum Gasteiger partial charge on any atom is -0.459 e. The van der Waals surface area contributed by atoms with Crippen LogP contribution in [0.25, 0.3) is 0 Å². The van der Waals surface area contributed by atoms with Crippen molar-refractivity contribution in [2.75, 3.05) is 6.54 Å². The lowest BCUT2D eigenvalue weighted by molar-refractivity contribution is -0.157. The Morgan fingerprint density at radius 2 is 1.75 bits per heavy atom. The molecule has 0 bridgehead atoms. The molecule has 0 aliphatic heterocycles. The molecule has 1 aromatic carbocycles. The van der Waals surface area contributed by atoms with Crippen molar-refractivity contribution < 1.29 is 18.3 Å². The van der Waals surface area contributed by atoms with E-state index in [0.29, 0.717) is 30.9 Å². The molecular formula is C19H29F2NO2. The van der Waals surface area contributed by atoms with Gasteiger partial charge in [0.05, 0.1) is 0 Å². The summed E-state index contributed by atoms with van der Waals surface area (Å²) in [4.78, 5) is 12.3. The number of hydrogen-bond acceptors (Lipinski definition) is 3. The standard InChI is InChI=1S/C19H29F2NO2/c1-12(2)9-17(18(23)24-19(4,5)6)22-8-7-14-10-15(20)13(3)16(21)11-14/h10-12,17,22H,7-9H2,1-6H3/t17-/m1/s1. The van der Waals surface area contributed by atoms with Crippen molar-refractivity contribution in [3.63, 3.8) is 0 Å².